The fourth-order valence-corrected chi connectivity index (χ4v) is 4.23. The molecule has 25 heavy (non-hydrogen) atoms. The van der Waals surface area contributed by atoms with Crippen LogP contribution in [0.5, 0.6) is 0 Å². The van der Waals surface area contributed by atoms with Gasteiger partial charge in [-0.3, -0.25) is 9.69 Å². The highest BCUT2D eigenvalue weighted by atomic mass is 16.5. The third-order valence-corrected chi connectivity index (χ3v) is 5.55. The molecule has 1 saturated carbocycles. The maximum atomic E-state index is 12.2. The van der Waals surface area contributed by atoms with Gasteiger partial charge in [0.15, 0.2) is 0 Å². The molecule has 0 unspecified atom stereocenters. The molecule has 1 aliphatic carbocycles. The SMILES string of the molecule is CO[C@@H]1CCC[C@H]1[C@H]1COCCN1Cc1cccc(C(=O)N(C)C)c1. The molecule has 0 aromatic heterocycles. The summed E-state index contributed by atoms with van der Waals surface area (Å²) in [6, 6.07) is 8.41. The van der Waals surface area contributed by atoms with E-state index < -0.39 is 0 Å². The highest BCUT2D eigenvalue weighted by Gasteiger charge is 2.38. The minimum Gasteiger partial charge on any atom is -0.381 e. The molecule has 2 fully saturated rings. The molecule has 1 amide bonds. The fourth-order valence-electron chi connectivity index (χ4n) is 4.23. The summed E-state index contributed by atoms with van der Waals surface area (Å²) in [6.07, 6.45) is 3.94. The zero-order valence-electron chi connectivity index (χ0n) is 15.6. The Balaban J connectivity index is 1.73. The van der Waals surface area contributed by atoms with E-state index in [0.717, 1.165) is 38.3 Å². The van der Waals surface area contributed by atoms with E-state index in [1.165, 1.54) is 18.4 Å². The number of benzene rings is 1. The lowest BCUT2D eigenvalue weighted by Gasteiger charge is -2.40. The number of hydrogen-bond acceptors (Lipinski definition) is 4. The van der Waals surface area contributed by atoms with E-state index in [1.807, 2.05) is 25.3 Å². The molecule has 0 radical (unpaired) electrons. The Bertz CT molecular complexity index is 590. The molecule has 3 atom stereocenters. The van der Waals surface area contributed by atoms with Crippen molar-refractivity contribution < 1.29 is 14.3 Å². The molecular weight excluding hydrogens is 316 g/mol. The zero-order valence-corrected chi connectivity index (χ0v) is 15.6. The van der Waals surface area contributed by atoms with Gasteiger partial charge in [0.2, 0.25) is 0 Å². The maximum Gasteiger partial charge on any atom is 0.253 e. The summed E-state index contributed by atoms with van der Waals surface area (Å²) in [5.41, 5.74) is 1.94. The second kappa shape index (κ2) is 8.30. The first kappa shape index (κ1) is 18.4. The predicted molar refractivity (Wildman–Crippen MR) is 97.6 cm³/mol. The monoisotopic (exact) mass is 346 g/mol. The van der Waals surface area contributed by atoms with Crippen LogP contribution in [-0.4, -0.2) is 68.8 Å². The maximum absolute atomic E-state index is 12.2. The molecule has 1 aromatic rings. The minimum atomic E-state index is 0.0515. The molecule has 0 spiro atoms. The van der Waals surface area contributed by atoms with Gasteiger partial charge in [0.1, 0.15) is 0 Å². The first-order valence-electron chi connectivity index (χ1n) is 9.25. The van der Waals surface area contributed by atoms with E-state index in [0.29, 0.717) is 18.1 Å². The normalized spacial score (nSPS) is 27.4. The smallest absolute Gasteiger partial charge is 0.253 e. The van der Waals surface area contributed by atoms with Crippen molar-refractivity contribution in [3.63, 3.8) is 0 Å². The van der Waals surface area contributed by atoms with E-state index in [2.05, 4.69) is 11.0 Å². The number of carbonyl (C=O) groups is 1. The minimum absolute atomic E-state index is 0.0515. The van der Waals surface area contributed by atoms with Crippen LogP contribution in [0.4, 0.5) is 0 Å². The highest BCUT2D eigenvalue weighted by molar-refractivity contribution is 5.94. The van der Waals surface area contributed by atoms with Crippen LogP contribution >= 0.6 is 0 Å². The van der Waals surface area contributed by atoms with Crippen molar-refractivity contribution in [3.05, 3.63) is 35.4 Å². The number of methoxy groups -OCH3 is 1. The number of ether oxygens (including phenoxy) is 2. The van der Waals surface area contributed by atoms with E-state index in [-0.39, 0.29) is 5.91 Å². The quantitative estimate of drug-likeness (QED) is 0.821. The number of morpholine rings is 1. The molecule has 138 valence electrons. The van der Waals surface area contributed by atoms with Crippen molar-refractivity contribution >= 4 is 5.91 Å². The third kappa shape index (κ3) is 4.22. The topological polar surface area (TPSA) is 42.0 Å². The highest BCUT2D eigenvalue weighted by Crippen LogP contribution is 2.34. The van der Waals surface area contributed by atoms with Crippen LogP contribution < -0.4 is 0 Å². The summed E-state index contributed by atoms with van der Waals surface area (Å²) in [5.74, 6) is 0.590. The van der Waals surface area contributed by atoms with Gasteiger partial charge < -0.3 is 14.4 Å². The number of amides is 1. The van der Waals surface area contributed by atoms with Gasteiger partial charge in [-0.2, -0.15) is 0 Å². The molecule has 5 nitrogen and oxygen atoms in total. The second-order valence-electron chi connectivity index (χ2n) is 7.38. The fraction of sp³-hybridized carbons (Fsp3) is 0.650. The lowest BCUT2D eigenvalue weighted by atomic mass is 9.93. The number of rotatable bonds is 5. The molecule has 0 bridgehead atoms. The number of hydrogen-bond donors (Lipinski definition) is 0. The molecule has 1 aromatic carbocycles. The Morgan fingerprint density at radius 1 is 1.36 bits per heavy atom. The van der Waals surface area contributed by atoms with Crippen LogP contribution in [0, 0.1) is 5.92 Å². The Kier molecular flexibility index (Phi) is 6.10. The van der Waals surface area contributed by atoms with Crippen LogP contribution in [0.25, 0.3) is 0 Å². The Labute approximate surface area is 150 Å². The van der Waals surface area contributed by atoms with Crippen LogP contribution in [-0.2, 0) is 16.0 Å². The van der Waals surface area contributed by atoms with Gasteiger partial charge >= 0.3 is 0 Å². The van der Waals surface area contributed by atoms with E-state index >= 15 is 0 Å². The molecule has 1 aliphatic heterocycles. The Hall–Kier alpha value is -1.43. The largest absolute Gasteiger partial charge is 0.381 e. The molecule has 0 N–H and O–H groups in total. The van der Waals surface area contributed by atoms with Crippen molar-refractivity contribution in [1.82, 2.24) is 9.80 Å². The van der Waals surface area contributed by atoms with E-state index in [4.69, 9.17) is 9.47 Å². The Morgan fingerprint density at radius 2 is 2.20 bits per heavy atom. The summed E-state index contributed by atoms with van der Waals surface area (Å²) < 4.78 is 11.5. The average molecular weight is 346 g/mol. The van der Waals surface area contributed by atoms with Crippen molar-refractivity contribution in [3.8, 4) is 0 Å². The summed E-state index contributed by atoms with van der Waals surface area (Å²) in [7, 11) is 5.41. The predicted octanol–water partition coefficient (Wildman–Crippen LogP) is 2.40. The molecular formula is C20H30N2O3. The summed E-state index contributed by atoms with van der Waals surface area (Å²) in [6.45, 7) is 3.34. The van der Waals surface area contributed by atoms with Crippen LogP contribution in [0.1, 0.15) is 35.2 Å². The van der Waals surface area contributed by atoms with Crippen LogP contribution in [0.2, 0.25) is 0 Å². The van der Waals surface area contributed by atoms with Gasteiger partial charge in [0, 0.05) is 51.8 Å². The van der Waals surface area contributed by atoms with Gasteiger partial charge in [-0.25, -0.2) is 0 Å². The van der Waals surface area contributed by atoms with Crippen molar-refractivity contribution in [2.24, 2.45) is 5.92 Å². The van der Waals surface area contributed by atoms with Gasteiger partial charge in [-0.15, -0.1) is 0 Å². The van der Waals surface area contributed by atoms with Crippen molar-refractivity contribution in [2.75, 3.05) is 41.0 Å². The van der Waals surface area contributed by atoms with E-state index in [9.17, 15) is 4.79 Å². The lowest BCUT2D eigenvalue weighted by Crippen LogP contribution is -2.50. The summed E-state index contributed by atoms with van der Waals surface area (Å²) in [4.78, 5) is 16.4. The lowest BCUT2D eigenvalue weighted by molar-refractivity contribution is -0.0608. The van der Waals surface area contributed by atoms with Crippen LogP contribution in [0.3, 0.4) is 0 Å². The van der Waals surface area contributed by atoms with Crippen molar-refractivity contribution in [1.29, 1.82) is 0 Å². The first-order chi connectivity index (χ1) is 12.1. The van der Waals surface area contributed by atoms with Crippen LogP contribution in [0.15, 0.2) is 24.3 Å². The zero-order chi connectivity index (χ0) is 17.8. The number of carbonyl (C=O) groups excluding carboxylic acids is 1. The summed E-state index contributed by atoms with van der Waals surface area (Å²) in [5, 5.41) is 0. The molecule has 1 saturated heterocycles. The van der Waals surface area contributed by atoms with Gasteiger partial charge in [-0.05, 0) is 30.5 Å². The molecule has 2 aliphatic rings. The Morgan fingerprint density at radius 3 is 2.96 bits per heavy atom. The third-order valence-electron chi connectivity index (χ3n) is 5.55. The molecule has 3 rings (SSSR count). The van der Waals surface area contributed by atoms with Gasteiger partial charge in [0.25, 0.3) is 5.91 Å². The van der Waals surface area contributed by atoms with E-state index in [1.54, 1.807) is 19.0 Å². The van der Waals surface area contributed by atoms with Gasteiger partial charge in [-0.1, -0.05) is 18.6 Å². The second-order valence-corrected chi connectivity index (χ2v) is 7.38. The molecule has 5 heteroatoms. The summed E-state index contributed by atoms with van der Waals surface area (Å²) >= 11 is 0. The van der Waals surface area contributed by atoms with Gasteiger partial charge in [0.05, 0.1) is 19.3 Å². The first-order valence-corrected chi connectivity index (χ1v) is 9.25. The standard InChI is InChI=1S/C20H30N2O3/c1-21(2)20(23)16-7-4-6-15(12-16)13-22-10-11-25-14-18(22)17-8-5-9-19(17)24-3/h4,6-7,12,17-19H,5,8-11,13-14H2,1-3H3/t17-,18+,19+/m0/s1. The van der Waals surface area contributed by atoms with Crippen molar-refractivity contribution in [2.45, 2.75) is 38.0 Å². The average Bonchev–Trinajstić information content (AvgIpc) is 3.10. The number of nitrogens with zero attached hydrogens (tertiary/aromatic N) is 2. The molecule has 1 heterocycles.